The molecule has 2 aromatic heterocycles. The van der Waals surface area contributed by atoms with Crippen molar-refractivity contribution in [1.82, 2.24) is 19.6 Å². The summed E-state index contributed by atoms with van der Waals surface area (Å²) in [6.07, 6.45) is 5.95. The first-order valence-electron chi connectivity index (χ1n) is 8.87. The lowest BCUT2D eigenvalue weighted by Gasteiger charge is -2.18. The molecule has 0 atom stereocenters. The van der Waals surface area contributed by atoms with Crippen LogP contribution in [0.1, 0.15) is 35.6 Å². The largest absolute Gasteiger partial charge is 0.383 e. The molecule has 0 saturated heterocycles. The number of benzene rings is 1. The van der Waals surface area contributed by atoms with Crippen molar-refractivity contribution in [3.8, 4) is 11.9 Å². The summed E-state index contributed by atoms with van der Waals surface area (Å²) in [6, 6.07) is 10.00. The Hall–Kier alpha value is -2.98. The summed E-state index contributed by atoms with van der Waals surface area (Å²) in [7, 11) is 1.87. The second kappa shape index (κ2) is 6.97. The molecule has 1 aliphatic rings. The molecule has 6 nitrogen and oxygen atoms in total. The van der Waals surface area contributed by atoms with Crippen LogP contribution in [0.15, 0.2) is 41.6 Å². The normalized spacial score (nSPS) is 13.1. The molecule has 0 aliphatic heterocycles. The fraction of sp³-hybridized carbons (Fsp3) is 0.250. The molecule has 0 saturated carbocycles. The molecule has 2 N–H and O–H groups in total. The van der Waals surface area contributed by atoms with Crippen molar-refractivity contribution in [2.45, 2.75) is 24.8 Å². The highest BCUT2D eigenvalue weighted by atomic mass is 32.2. The molecule has 4 rings (SSSR count). The monoisotopic (exact) mass is 376 g/mol. The molecular weight excluding hydrogens is 356 g/mol. The maximum atomic E-state index is 9.20. The second-order valence-corrected chi connectivity index (χ2v) is 7.65. The van der Waals surface area contributed by atoms with E-state index in [0.717, 1.165) is 40.3 Å². The Kier molecular flexibility index (Phi) is 4.50. The lowest BCUT2D eigenvalue weighted by molar-refractivity contribution is 0.727. The van der Waals surface area contributed by atoms with Gasteiger partial charge in [-0.15, -0.1) is 11.8 Å². The van der Waals surface area contributed by atoms with Crippen LogP contribution >= 0.6 is 11.8 Å². The number of allylic oxidation sites excluding steroid dienone is 1. The summed E-state index contributed by atoms with van der Waals surface area (Å²) >= 11 is 1.67. The Balaban J connectivity index is 1.88. The van der Waals surface area contributed by atoms with Gasteiger partial charge < -0.3 is 5.73 Å². The van der Waals surface area contributed by atoms with E-state index < -0.39 is 0 Å². The highest BCUT2D eigenvalue weighted by Gasteiger charge is 2.25. The summed E-state index contributed by atoms with van der Waals surface area (Å²) < 4.78 is 3.45. The summed E-state index contributed by atoms with van der Waals surface area (Å²) in [4.78, 5) is 0. The maximum absolute atomic E-state index is 9.20. The summed E-state index contributed by atoms with van der Waals surface area (Å²) in [5.74, 6) is 2.20. The van der Waals surface area contributed by atoms with Gasteiger partial charge in [0.1, 0.15) is 10.8 Å². The van der Waals surface area contributed by atoms with Gasteiger partial charge in [0.15, 0.2) is 5.82 Å². The maximum Gasteiger partial charge on any atom is 0.177 e. The van der Waals surface area contributed by atoms with Crippen molar-refractivity contribution in [2.24, 2.45) is 7.05 Å². The molecule has 0 unspecified atom stereocenters. The predicted octanol–water partition coefficient (Wildman–Crippen LogP) is 3.55. The lowest BCUT2D eigenvalue weighted by atomic mass is 9.87. The van der Waals surface area contributed by atoms with E-state index in [4.69, 9.17) is 10.8 Å². The zero-order valence-electron chi connectivity index (χ0n) is 15.3. The first-order valence-corrected chi connectivity index (χ1v) is 9.86. The Morgan fingerprint density at radius 2 is 2.15 bits per heavy atom. The van der Waals surface area contributed by atoms with E-state index in [9.17, 15) is 5.26 Å². The summed E-state index contributed by atoms with van der Waals surface area (Å²) in [5.41, 5.74) is 11.6. The molecule has 27 heavy (non-hydrogen) atoms. The minimum atomic E-state index is 0.591. The molecule has 0 amide bonds. The van der Waals surface area contributed by atoms with Gasteiger partial charge >= 0.3 is 0 Å². The van der Waals surface area contributed by atoms with Gasteiger partial charge in [-0.25, -0.2) is 0 Å². The number of nitrogens with two attached hydrogens (primary N) is 1. The topological polar surface area (TPSA) is 85.4 Å². The first kappa shape index (κ1) is 17.4. The number of aryl methyl sites for hydroxylation is 2. The molecule has 0 fully saturated rings. The number of nitrogen functional groups attached to an aromatic ring is 1. The van der Waals surface area contributed by atoms with E-state index in [1.165, 1.54) is 5.56 Å². The average Bonchev–Trinajstić information content (AvgIpc) is 3.24. The van der Waals surface area contributed by atoms with Crippen LogP contribution in [-0.4, -0.2) is 25.3 Å². The molecule has 2 heterocycles. The molecule has 3 aromatic rings. The quantitative estimate of drug-likeness (QED) is 0.704. The average molecular weight is 376 g/mol. The molecule has 1 aromatic carbocycles. The minimum Gasteiger partial charge on any atom is -0.383 e. The third-order valence-corrected chi connectivity index (χ3v) is 5.49. The van der Waals surface area contributed by atoms with Crippen LogP contribution in [0.3, 0.4) is 0 Å². The van der Waals surface area contributed by atoms with Crippen molar-refractivity contribution < 1.29 is 0 Å². The zero-order chi connectivity index (χ0) is 19.0. The Labute approximate surface area is 162 Å². The number of thioether (sulfide) groups is 1. The summed E-state index contributed by atoms with van der Waals surface area (Å²) in [6.45, 7) is 2.10. The molecule has 1 aliphatic carbocycles. The van der Waals surface area contributed by atoms with E-state index in [2.05, 4.69) is 24.2 Å². The molecule has 136 valence electrons. The van der Waals surface area contributed by atoms with Crippen LogP contribution in [0.25, 0.3) is 11.4 Å². The Morgan fingerprint density at radius 3 is 2.85 bits per heavy atom. The summed E-state index contributed by atoms with van der Waals surface area (Å²) in [5, 5.41) is 19.3. The minimum absolute atomic E-state index is 0.591. The molecule has 0 bridgehead atoms. The smallest absolute Gasteiger partial charge is 0.177 e. The van der Waals surface area contributed by atoms with E-state index in [-0.39, 0.29) is 0 Å². The molecule has 7 heteroatoms. The van der Waals surface area contributed by atoms with Crippen molar-refractivity contribution in [1.29, 1.82) is 5.26 Å². The van der Waals surface area contributed by atoms with Crippen LogP contribution < -0.4 is 5.73 Å². The number of hydrogen-bond donors (Lipinski definition) is 1. The predicted molar refractivity (Wildman–Crippen MR) is 108 cm³/mol. The number of hydrogen-bond acceptors (Lipinski definition) is 5. The van der Waals surface area contributed by atoms with Crippen LogP contribution in [0, 0.1) is 11.3 Å². The van der Waals surface area contributed by atoms with Gasteiger partial charge in [-0.3, -0.25) is 4.68 Å². The van der Waals surface area contributed by atoms with E-state index in [0.29, 0.717) is 17.2 Å². The first-order chi connectivity index (χ1) is 13.1. The van der Waals surface area contributed by atoms with Crippen LogP contribution in [0.4, 0.5) is 5.82 Å². The number of rotatable bonds is 4. The van der Waals surface area contributed by atoms with Crippen LogP contribution in [0.5, 0.6) is 0 Å². The SMILES string of the molecule is CCSc1nn(-c2ccn(C)n2)c(N)c1C1=CCCc2cc(C#N)ccc21. The Bertz CT molecular complexity index is 1080. The van der Waals surface area contributed by atoms with Crippen LogP contribution in [0.2, 0.25) is 0 Å². The number of anilines is 1. The van der Waals surface area contributed by atoms with Gasteiger partial charge in [0.25, 0.3) is 0 Å². The molecule has 0 spiro atoms. The number of aromatic nitrogens is 4. The number of fused-ring (bicyclic) bond motifs is 1. The number of nitriles is 1. The lowest BCUT2D eigenvalue weighted by Crippen LogP contribution is -2.06. The number of nitrogens with zero attached hydrogens (tertiary/aromatic N) is 5. The van der Waals surface area contributed by atoms with Gasteiger partial charge in [-0.2, -0.15) is 20.1 Å². The van der Waals surface area contributed by atoms with Gasteiger partial charge in [0.05, 0.1) is 17.2 Å². The fourth-order valence-electron chi connectivity index (χ4n) is 3.44. The molecule has 0 radical (unpaired) electrons. The highest BCUT2D eigenvalue weighted by Crippen LogP contribution is 2.40. The van der Waals surface area contributed by atoms with Gasteiger partial charge in [-0.05, 0) is 47.4 Å². The third kappa shape index (κ3) is 3.02. The van der Waals surface area contributed by atoms with Gasteiger partial charge in [-0.1, -0.05) is 19.1 Å². The highest BCUT2D eigenvalue weighted by molar-refractivity contribution is 7.99. The van der Waals surface area contributed by atoms with E-state index in [1.54, 1.807) is 21.1 Å². The van der Waals surface area contributed by atoms with E-state index >= 15 is 0 Å². The standard InChI is InChI=1S/C20H20N6S/c1-3-27-20-18(19(22)26(24-20)17-9-10-25(2)23-17)16-6-4-5-14-11-13(12-21)7-8-15(14)16/h6-11H,3-5,22H2,1-2H3. The second-order valence-electron chi connectivity index (χ2n) is 6.40. The Morgan fingerprint density at radius 1 is 1.30 bits per heavy atom. The van der Waals surface area contributed by atoms with Crippen molar-refractivity contribution in [3.63, 3.8) is 0 Å². The van der Waals surface area contributed by atoms with Crippen molar-refractivity contribution >= 4 is 23.2 Å². The van der Waals surface area contributed by atoms with E-state index in [1.807, 2.05) is 37.5 Å². The fourth-order valence-corrected chi connectivity index (χ4v) is 4.21. The molecular formula is C20H20N6S. The third-order valence-electron chi connectivity index (χ3n) is 4.64. The van der Waals surface area contributed by atoms with Crippen molar-refractivity contribution in [2.75, 3.05) is 11.5 Å². The van der Waals surface area contributed by atoms with Crippen LogP contribution in [-0.2, 0) is 13.5 Å². The zero-order valence-corrected chi connectivity index (χ0v) is 16.1. The van der Waals surface area contributed by atoms with Gasteiger partial charge in [0.2, 0.25) is 0 Å². The van der Waals surface area contributed by atoms with Gasteiger partial charge in [0, 0.05) is 19.3 Å². The van der Waals surface area contributed by atoms with Crippen molar-refractivity contribution in [3.05, 3.63) is 58.8 Å².